The van der Waals surface area contributed by atoms with E-state index in [0.29, 0.717) is 31.4 Å². The van der Waals surface area contributed by atoms with Crippen LogP contribution in [0.3, 0.4) is 0 Å². The molecule has 1 aliphatic heterocycles. The van der Waals surface area contributed by atoms with Crippen LogP contribution in [-0.2, 0) is 11.0 Å². The van der Waals surface area contributed by atoms with Crippen molar-refractivity contribution < 1.29 is 18.0 Å². The van der Waals surface area contributed by atoms with Crippen LogP contribution in [0.25, 0.3) is 0 Å². The van der Waals surface area contributed by atoms with Gasteiger partial charge in [0.15, 0.2) is 5.96 Å². The number of aromatic nitrogens is 1. The van der Waals surface area contributed by atoms with Crippen LogP contribution >= 0.6 is 11.6 Å². The molecule has 1 saturated heterocycles. The zero-order chi connectivity index (χ0) is 21.0. The molecule has 1 unspecified atom stereocenters. The molecule has 1 aromatic heterocycles. The molecule has 1 saturated carbocycles. The van der Waals surface area contributed by atoms with Crippen LogP contribution < -0.4 is 20.9 Å². The second-order valence-electron chi connectivity index (χ2n) is 7.14. The van der Waals surface area contributed by atoms with Crippen LogP contribution in [0.1, 0.15) is 31.7 Å². The number of guanidine groups is 1. The van der Waals surface area contributed by atoms with Gasteiger partial charge in [0.1, 0.15) is 12.4 Å². The molecule has 1 atom stereocenters. The van der Waals surface area contributed by atoms with Gasteiger partial charge in [0.05, 0.1) is 10.6 Å². The minimum Gasteiger partial charge on any atom is -0.357 e. The molecule has 3 rings (SSSR count). The average Bonchev–Trinajstić information content (AvgIpc) is 3.34. The quantitative estimate of drug-likeness (QED) is 0.474. The summed E-state index contributed by atoms with van der Waals surface area (Å²) in [6, 6.07) is 1.19. The first-order valence-corrected chi connectivity index (χ1v) is 9.96. The van der Waals surface area contributed by atoms with Crippen LogP contribution in [0.2, 0.25) is 5.02 Å². The number of pyridine rings is 1. The van der Waals surface area contributed by atoms with Crippen LogP contribution in [0.15, 0.2) is 17.3 Å². The summed E-state index contributed by atoms with van der Waals surface area (Å²) in [6.07, 6.45) is -0.907. The summed E-state index contributed by atoms with van der Waals surface area (Å²) >= 11 is 6.04. The van der Waals surface area contributed by atoms with Crippen molar-refractivity contribution in [3.05, 3.63) is 22.8 Å². The first-order chi connectivity index (χ1) is 13.8. The molecule has 1 aromatic rings. The predicted molar refractivity (Wildman–Crippen MR) is 105 cm³/mol. The number of halogens is 4. The van der Waals surface area contributed by atoms with E-state index in [1.807, 2.05) is 11.8 Å². The van der Waals surface area contributed by atoms with Crippen LogP contribution in [0.5, 0.6) is 0 Å². The van der Waals surface area contributed by atoms with E-state index in [9.17, 15) is 18.0 Å². The molecule has 0 bridgehead atoms. The van der Waals surface area contributed by atoms with Crippen LogP contribution in [0, 0.1) is 0 Å². The lowest BCUT2D eigenvalue weighted by atomic mass is 10.2. The van der Waals surface area contributed by atoms with Gasteiger partial charge in [0.25, 0.3) is 0 Å². The molecule has 0 aromatic carbocycles. The monoisotopic (exact) mass is 432 g/mol. The second-order valence-corrected chi connectivity index (χ2v) is 7.55. The van der Waals surface area contributed by atoms with Crippen LogP contribution in [-0.4, -0.2) is 55.1 Å². The molecule has 1 amide bonds. The number of carbonyl (C=O) groups excluding carboxylic acids is 1. The fraction of sp³-hybridized carbons (Fsp3) is 0.611. The van der Waals surface area contributed by atoms with Crippen molar-refractivity contribution in [2.45, 2.75) is 44.4 Å². The van der Waals surface area contributed by atoms with E-state index in [0.717, 1.165) is 31.5 Å². The Morgan fingerprint density at radius 1 is 1.31 bits per heavy atom. The maximum atomic E-state index is 12.8. The highest BCUT2D eigenvalue weighted by Gasteiger charge is 2.33. The largest absolute Gasteiger partial charge is 0.417 e. The Morgan fingerprint density at radius 3 is 2.69 bits per heavy atom. The Labute approximate surface area is 172 Å². The Kier molecular flexibility index (Phi) is 6.71. The van der Waals surface area contributed by atoms with Crippen molar-refractivity contribution in [1.82, 2.24) is 20.9 Å². The second kappa shape index (κ2) is 9.06. The summed E-state index contributed by atoms with van der Waals surface area (Å²) < 4.78 is 38.4. The van der Waals surface area contributed by atoms with E-state index < -0.39 is 11.7 Å². The first kappa shape index (κ1) is 21.5. The number of rotatable bonds is 6. The van der Waals surface area contributed by atoms with Crippen LogP contribution in [0.4, 0.5) is 19.0 Å². The number of hydrogen-bond donors (Lipinski definition) is 3. The molecule has 2 fully saturated rings. The SMILES string of the molecule is CCNC(=NCC(=O)NC1CC1)NC1CCN(c2ncc(C(F)(F)F)cc2Cl)C1. The number of hydrogen-bond acceptors (Lipinski definition) is 4. The minimum atomic E-state index is -4.48. The summed E-state index contributed by atoms with van der Waals surface area (Å²) in [6.45, 7) is 3.70. The Hall–Kier alpha value is -2.23. The third kappa shape index (κ3) is 6.12. The van der Waals surface area contributed by atoms with Gasteiger partial charge in [-0.15, -0.1) is 0 Å². The molecular formula is C18H24ClF3N6O. The molecule has 3 N–H and O–H groups in total. The van der Waals surface area contributed by atoms with Gasteiger partial charge in [-0.1, -0.05) is 11.6 Å². The summed E-state index contributed by atoms with van der Waals surface area (Å²) in [5.41, 5.74) is -0.869. The van der Waals surface area contributed by atoms with E-state index >= 15 is 0 Å². The standard InChI is InChI=1S/C18H24ClF3N6O/c1-2-23-17(25-9-15(29)26-12-3-4-12)27-13-5-6-28(10-13)16-14(19)7-11(8-24-16)18(20,21)22/h7-8,12-13H,2-6,9-10H2,1H3,(H,26,29)(H2,23,25,27). The average molecular weight is 433 g/mol. The molecule has 11 heteroatoms. The smallest absolute Gasteiger partial charge is 0.357 e. The number of aliphatic imine (C=N–C) groups is 1. The van der Waals surface area contributed by atoms with Gasteiger partial charge < -0.3 is 20.9 Å². The topological polar surface area (TPSA) is 81.6 Å². The van der Waals surface area contributed by atoms with Gasteiger partial charge in [-0.25, -0.2) is 9.98 Å². The van der Waals surface area contributed by atoms with Crippen molar-refractivity contribution in [3.63, 3.8) is 0 Å². The predicted octanol–water partition coefficient (Wildman–Crippen LogP) is 2.17. The van der Waals surface area contributed by atoms with Crippen molar-refractivity contribution in [2.75, 3.05) is 31.1 Å². The molecule has 2 heterocycles. The highest BCUT2D eigenvalue weighted by molar-refractivity contribution is 6.33. The molecule has 160 valence electrons. The summed E-state index contributed by atoms with van der Waals surface area (Å²) in [7, 11) is 0. The molecule has 1 aliphatic carbocycles. The van der Waals surface area contributed by atoms with Gasteiger partial charge in [0, 0.05) is 37.9 Å². The van der Waals surface area contributed by atoms with E-state index in [1.54, 1.807) is 0 Å². The number of carbonyl (C=O) groups is 1. The molecule has 29 heavy (non-hydrogen) atoms. The van der Waals surface area contributed by atoms with Crippen molar-refractivity contribution in [2.24, 2.45) is 4.99 Å². The number of anilines is 1. The van der Waals surface area contributed by atoms with Crippen molar-refractivity contribution >= 4 is 29.3 Å². The van der Waals surface area contributed by atoms with Crippen molar-refractivity contribution in [3.8, 4) is 0 Å². The maximum absolute atomic E-state index is 12.8. The third-order valence-electron chi connectivity index (χ3n) is 4.65. The maximum Gasteiger partial charge on any atom is 0.417 e. The molecule has 7 nitrogen and oxygen atoms in total. The van der Waals surface area contributed by atoms with E-state index in [1.165, 1.54) is 0 Å². The van der Waals surface area contributed by atoms with Crippen molar-refractivity contribution in [1.29, 1.82) is 0 Å². The van der Waals surface area contributed by atoms with E-state index in [4.69, 9.17) is 11.6 Å². The van der Waals surface area contributed by atoms with Gasteiger partial charge in [0.2, 0.25) is 5.91 Å². The highest BCUT2D eigenvalue weighted by Crippen LogP contribution is 2.34. The fourth-order valence-corrected chi connectivity index (χ4v) is 3.34. The number of nitrogens with one attached hydrogen (secondary N) is 3. The third-order valence-corrected chi connectivity index (χ3v) is 4.92. The van der Waals surface area contributed by atoms with Gasteiger partial charge in [-0.05, 0) is 32.3 Å². The lowest BCUT2D eigenvalue weighted by Gasteiger charge is -2.21. The number of alkyl halides is 3. The number of amides is 1. The zero-order valence-corrected chi connectivity index (χ0v) is 16.8. The van der Waals surface area contributed by atoms with E-state index in [-0.39, 0.29) is 29.6 Å². The molecule has 0 spiro atoms. The van der Waals surface area contributed by atoms with Gasteiger partial charge in [-0.3, -0.25) is 4.79 Å². The van der Waals surface area contributed by atoms with Gasteiger partial charge >= 0.3 is 6.18 Å². The Balaban J connectivity index is 1.58. The summed E-state index contributed by atoms with van der Waals surface area (Å²) in [4.78, 5) is 21.9. The Bertz CT molecular complexity index is 768. The van der Waals surface area contributed by atoms with E-state index in [2.05, 4.69) is 25.9 Å². The molecule has 0 radical (unpaired) electrons. The van der Waals surface area contributed by atoms with Gasteiger partial charge in [-0.2, -0.15) is 13.2 Å². The minimum absolute atomic E-state index is 0.000507. The highest BCUT2D eigenvalue weighted by atomic mass is 35.5. The number of nitrogens with zero attached hydrogens (tertiary/aromatic N) is 3. The normalized spacial score (nSPS) is 20.0. The first-order valence-electron chi connectivity index (χ1n) is 9.58. The fourth-order valence-electron chi connectivity index (χ4n) is 3.05. The summed E-state index contributed by atoms with van der Waals surface area (Å²) in [5.74, 6) is 0.741. The summed E-state index contributed by atoms with van der Waals surface area (Å²) in [5, 5.41) is 9.21. The lowest BCUT2D eigenvalue weighted by Crippen LogP contribution is -2.45. The Morgan fingerprint density at radius 2 is 2.07 bits per heavy atom. The molecule has 2 aliphatic rings. The zero-order valence-electron chi connectivity index (χ0n) is 16.0. The lowest BCUT2D eigenvalue weighted by molar-refractivity contribution is -0.137. The molecular weight excluding hydrogens is 409 g/mol.